The Morgan fingerprint density at radius 2 is 1.92 bits per heavy atom. The molecule has 0 spiro atoms. The monoisotopic (exact) mass is 176 g/mol. The minimum atomic E-state index is -4.42. The molecule has 0 fully saturated rings. The zero-order chi connectivity index (χ0) is 9.35. The molecule has 5 heteroatoms. The van der Waals surface area contributed by atoms with Gasteiger partial charge in [-0.25, -0.2) is 4.98 Å². The number of rotatable bonds is 0. The van der Waals surface area contributed by atoms with Gasteiger partial charge in [-0.3, -0.25) is 0 Å². The number of nitrogens with two attached hydrogens (primary N) is 1. The third kappa shape index (κ3) is 1.87. The van der Waals surface area contributed by atoms with Gasteiger partial charge in [0.15, 0.2) is 0 Å². The first-order valence-corrected chi connectivity index (χ1v) is 3.21. The topological polar surface area (TPSA) is 38.9 Å². The van der Waals surface area contributed by atoms with E-state index in [1.54, 1.807) is 0 Å². The lowest BCUT2D eigenvalue weighted by atomic mass is 10.2. The molecule has 2 N–H and O–H groups in total. The predicted octanol–water partition coefficient (Wildman–Crippen LogP) is 1.99. The fourth-order valence-corrected chi connectivity index (χ4v) is 0.839. The van der Waals surface area contributed by atoms with E-state index in [0.717, 1.165) is 6.07 Å². The zero-order valence-corrected chi connectivity index (χ0v) is 6.31. The van der Waals surface area contributed by atoms with Crippen molar-refractivity contribution in [3.05, 3.63) is 23.4 Å². The summed E-state index contributed by atoms with van der Waals surface area (Å²) >= 11 is 0. The van der Waals surface area contributed by atoms with Crippen LogP contribution in [0.3, 0.4) is 0 Å². The molecule has 1 aromatic heterocycles. The van der Waals surface area contributed by atoms with Crippen LogP contribution in [0.25, 0.3) is 0 Å². The minimum absolute atomic E-state index is 0.109. The van der Waals surface area contributed by atoms with Crippen molar-refractivity contribution in [2.24, 2.45) is 0 Å². The average molecular weight is 176 g/mol. The van der Waals surface area contributed by atoms with Gasteiger partial charge >= 0.3 is 6.18 Å². The maximum atomic E-state index is 12.0. The Balaban J connectivity index is 3.18. The van der Waals surface area contributed by atoms with Crippen molar-refractivity contribution < 1.29 is 13.2 Å². The minimum Gasteiger partial charge on any atom is -0.384 e. The summed E-state index contributed by atoms with van der Waals surface area (Å²) in [4.78, 5) is 3.16. The van der Waals surface area contributed by atoms with Crippen LogP contribution in [0.1, 0.15) is 11.3 Å². The van der Waals surface area contributed by atoms with E-state index >= 15 is 0 Å². The van der Waals surface area contributed by atoms with Gasteiger partial charge in [0.25, 0.3) is 0 Å². The molecule has 1 rings (SSSR count). The summed E-state index contributed by atoms with van der Waals surface area (Å²) in [6.07, 6.45) is -4.42. The van der Waals surface area contributed by atoms with E-state index in [4.69, 9.17) is 5.73 Å². The molecule has 0 atom stereocenters. The molecule has 0 aliphatic rings. The maximum Gasteiger partial charge on any atom is 0.433 e. The van der Waals surface area contributed by atoms with Gasteiger partial charge in [-0.05, 0) is 24.6 Å². The van der Waals surface area contributed by atoms with Crippen LogP contribution in [0.4, 0.5) is 19.0 Å². The molecule has 66 valence electrons. The number of hydrogen-bond acceptors (Lipinski definition) is 2. The van der Waals surface area contributed by atoms with Gasteiger partial charge in [0.05, 0.1) is 0 Å². The number of alkyl halides is 3. The average Bonchev–Trinajstić information content (AvgIpc) is 1.82. The number of pyridine rings is 1. The van der Waals surface area contributed by atoms with Gasteiger partial charge in [0, 0.05) is 0 Å². The van der Waals surface area contributed by atoms with Crippen LogP contribution < -0.4 is 5.73 Å². The second kappa shape index (κ2) is 2.66. The van der Waals surface area contributed by atoms with Crippen molar-refractivity contribution >= 4 is 5.82 Å². The predicted molar refractivity (Wildman–Crippen MR) is 38.4 cm³/mol. The van der Waals surface area contributed by atoms with Crippen LogP contribution in [-0.4, -0.2) is 4.98 Å². The fraction of sp³-hybridized carbons (Fsp3) is 0.286. The molecule has 0 amide bonds. The quantitative estimate of drug-likeness (QED) is 0.656. The Morgan fingerprint density at radius 3 is 2.33 bits per heavy atom. The number of aromatic nitrogens is 1. The first-order valence-electron chi connectivity index (χ1n) is 3.21. The molecule has 0 saturated carbocycles. The molecule has 1 heterocycles. The van der Waals surface area contributed by atoms with Crippen molar-refractivity contribution in [3.63, 3.8) is 0 Å². The first kappa shape index (κ1) is 8.83. The Hall–Kier alpha value is -1.26. The molecule has 0 bridgehead atoms. The van der Waals surface area contributed by atoms with Gasteiger partial charge in [-0.1, -0.05) is 0 Å². The van der Waals surface area contributed by atoms with E-state index in [1.165, 1.54) is 13.0 Å². The number of halogens is 3. The summed E-state index contributed by atoms with van der Waals surface area (Å²) in [5.74, 6) is -0.109. The summed E-state index contributed by atoms with van der Waals surface area (Å²) in [6.45, 7) is 1.54. The lowest BCUT2D eigenvalue weighted by molar-refractivity contribution is -0.141. The summed E-state index contributed by atoms with van der Waals surface area (Å²) in [5.41, 5.74) is 4.65. The summed E-state index contributed by atoms with van der Waals surface area (Å²) in [6, 6.07) is 2.34. The molecular weight excluding hydrogens is 169 g/mol. The fourth-order valence-electron chi connectivity index (χ4n) is 0.839. The van der Waals surface area contributed by atoms with E-state index in [1.807, 2.05) is 0 Å². The highest BCUT2D eigenvalue weighted by Crippen LogP contribution is 2.28. The van der Waals surface area contributed by atoms with Crippen LogP contribution in [0.2, 0.25) is 0 Å². The summed E-state index contributed by atoms with van der Waals surface area (Å²) in [7, 11) is 0. The summed E-state index contributed by atoms with van der Waals surface area (Å²) < 4.78 is 36.1. The molecule has 0 saturated heterocycles. The van der Waals surface area contributed by atoms with E-state index in [0.29, 0.717) is 5.56 Å². The lowest BCUT2D eigenvalue weighted by Gasteiger charge is -2.06. The van der Waals surface area contributed by atoms with Gasteiger partial charge < -0.3 is 5.73 Å². The van der Waals surface area contributed by atoms with E-state index < -0.39 is 11.9 Å². The zero-order valence-electron chi connectivity index (χ0n) is 6.31. The molecule has 0 unspecified atom stereocenters. The van der Waals surface area contributed by atoms with Crippen LogP contribution in [0.15, 0.2) is 12.1 Å². The Morgan fingerprint density at radius 1 is 1.33 bits per heavy atom. The van der Waals surface area contributed by atoms with Crippen molar-refractivity contribution in [2.75, 3.05) is 5.73 Å². The molecule has 1 aromatic rings. The standard InChI is InChI=1S/C7H7F3N2/c1-4-2-5(7(8,9)10)12-6(11)3-4/h2-3H,1H3,(H2,11,12). The second-order valence-corrected chi connectivity index (χ2v) is 2.45. The molecule has 2 nitrogen and oxygen atoms in total. The van der Waals surface area contributed by atoms with Gasteiger partial charge in [0.1, 0.15) is 11.5 Å². The molecule has 0 aliphatic carbocycles. The highest BCUT2D eigenvalue weighted by Gasteiger charge is 2.32. The molecule has 0 aliphatic heterocycles. The van der Waals surface area contributed by atoms with Crippen LogP contribution in [-0.2, 0) is 6.18 Å². The maximum absolute atomic E-state index is 12.0. The van der Waals surface area contributed by atoms with Crippen LogP contribution in [0, 0.1) is 6.92 Å². The number of nitrogens with zero attached hydrogens (tertiary/aromatic N) is 1. The van der Waals surface area contributed by atoms with Crippen molar-refractivity contribution in [2.45, 2.75) is 13.1 Å². The smallest absolute Gasteiger partial charge is 0.384 e. The third-order valence-corrected chi connectivity index (χ3v) is 1.28. The molecule has 12 heavy (non-hydrogen) atoms. The first-order chi connectivity index (χ1) is 5.39. The van der Waals surface area contributed by atoms with Crippen molar-refractivity contribution in [3.8, 4) is 0 Å². The van der Waals surface area contributed by atoms with E-state index in [-0.39, 0.29) is 5.82 Å². The van der Waals surface area contributed by atoms with Crippen molar-refractivity contribution in [1.29, 1.82) is 0 Å². The van der Waals surface area contributed by atoms with Crippen LogP contribution in [0.5, 0.6) is 0 Å². The van der Waals surface area contributed by atoms with Gasteiger partial charge in [0.2, 0.25) is 0 Å². The highest BCUT2D eigenvalue weighted by molar-refractivity contribution is 5.34. The molecule has 0 radical (unpaired) electrons. The Kier molecular flexibility index (Phi) is 1.95. The van der Waals surface area contributed by atoms with Crippen LogP contribution >= 0.6 is 0 Å². The molecule has 0 aromatic carbocycles. The summed E-state index contributed by atoms with van der Waals surface area (Å²) in [5, 5.41) is 0. The van der Waals surface area contributed by atoms with Gasteiger partial charge in [-0.15, -0.1) is 0 Å². The molecular formula is C7H7F3N2. The number of hydrogen-bond donors (Lipinski definition) is 1. The Bertz CT molecular complexity index is 273. The largest absolute Gasteiger partial charge is 0.433 e. The Labute approximate surface area is 67.2 Å². The third-order valence-electron chi connectivity index (χ3n) is 1.28. The number of aryl methyl sites for hydroxylation is 1. The van der Waals surface area contributed by atoms with Gasteiger partial charge in [-0.2, -0.15) is 13.2 Å². The normalized spacial score (nSPS) is 11.7. The highest BCUT2D eigenvalue weighted by atomic mass is 19.4. The number of anilines is 1. The van der Waals surface area contributed by atoms with E-state index in [9.17, 15) is 13.2 Å². The van der Waals surface area contributed by atoms with Crippen molar-refractivity contribution in [1.82, 2.24) is 4.98 Å². The van der Waals surface area contributed by atoms with E-state index in [2.05, 4.69) is 4.98 Å². The SMILES string of the molecule is Cc1cc(N)nc(C(F)(F)F)c1. The second-order valence-electron chi connectivity index (χ2n) is 2.45. The lowest BCUT2D eigenvalue weighted by Crippen LogP contribution is -2.09. The number of nitrogen functional groups attached to an aromatic ring is 1.